The smallest absolute Gasteiger partial charge is 0.246 e. The maximum atomic E-state index is 13.2. The van der Waals surface area contributed by atoms with Gasteiger partial charge in [0.25, 0.3) is 0 Å². The Bertz CT molecular complexity index is 1010. The van der Waals surface area contributed by atoms with Gasteiger partial charge in [0.1, 0.15) is 28.1 Å². The minimum Gasteiger partial charge on any atom is -0.495 e. The van der Waals surface area contributed by atoms with Crippen LogP contribution in [0.2, 0.25) is 0 Å². The number of nitrogens with zero attached hydrogens (tertiary/aromatic N) is 5. The van der Waals surface area contributed by atoms with Gasteiger partial charge < -0.3 is 14.5 Å². The number of anilines is 2. The maximum Gasteiger partial charge on any atom is 0.246 e. The van der Waals surface area contributed by atoms with E-state index in [-0.39, 0.29) is 4.90 Å². The van der Waals surface area contributed by atoms with Crippen LogP contribution in [0.3, 0.4) is 0 Å². The summed E-state index contributed by atoms with van der Waals surface area (Å²) in [4.78, 5) is 13.9. The topological polar surface area (TPSA) is 78.9 Å². The molecule has 0 bridgehead atoms. The van der Waals surface area contributed by atoms with Crippen LogP contribution in [0.15, 0.2) is 29.2 Å². The lowest BCUT2D eigenvalue weighted by Crippen LogP contribution is -2.49. The zero-order valence-electron chi connectivity index (χ0n) is 17.8. The molecule has 2 aromatic rings. The molecular weight excluding hydrogens is 402 g/mol. The van der Waals surface area contributed by atoms with Gasteiger partial charge >= 0.3 is 0 Å². The first-order chi connectivity index (χ1) is 14.4. The maximum absolute atomic E-state index is 13.2. The number of hydrogen-bond acceptors (Lipinski definition) is 7. The molecule has 2 aliphatic heterocycles. The predicted molar refractivity (Wildman–Crippen MR) is 117 cm³/mol. The number of sulfonamides is 1. The molecule has 0 saturated carbocycles. The second kappa shape index (κ2) is 8.39. The van der Waals surface area contributed by atoms with Crippen molar-refractivity contribution in [1.82, 2.24) is 14.3 Å². The van der Waals surface area contributed by atoms with Crippen LogP contribution in [-0.4, -0.2) is 69.1 Å². The fraction of sp³-hybridized carbons (Fsp3) is 0.524. The summed E-state index contributed by atoms with van der Waals surface area (Å²) >= 11 is 0. The van der Waals surface area contributed by atoms with Gasteiger partial charge in [-0.15, -0.1) is 0 Å². The van der Waals surface area contributed by atoms with Crippen LogP contribution in [0.4, 0.5) is 11.6 Å². The summed E-state index contributed by atoms with van der Waals surface area (Å²) < 4.78 is 33.3. The van der Waals surface area contributed by atoms with Crippen LogP contribution in [0.5, 0.6) is 5.75 Å². The normalized spacial score (nSPS) is 18.1. The fourth-order valence-electron chi connectivity index (χ4n) is 4.09. The van der Waals surface area contributed by atoms with Crippen LogP contribution in [-0.2, 0) is 10.0 Å². The van der Waals surface area contributed by atoms with Gasteiger partial charge in [-0.25, -0.2) is 18.4 Å². The van der Waals surface area contributed by atoms with Crippen LogP contribution in [0.1, 0.15) is 24.2 Å². The summed E-state index contributed by atoms with van der Waals surface area (Å²) in [5, 5.41) is 0. The fourth-order valence-corrected chi connectivity index (χ4v) is 5.75. The van der Waals surface area contributed by atoms with E-state index in [0.717, 1.165) is 36.1 Å². The van der Waals surface area contributed by atoms with Crippen molar-refractivity contribution in [3.8, 4) is 5.75 Å². The van der Waals surface area contributed by atoms with Crippen molar-refractivity contribution in [2.45, 2.75) is 31.6 Å². The summed E-state index contributed by atoms with van der Waals surface area (Å²) in [5.74, 6) is 2.96. The Morgan fingerprint density at radius 1 is 0.867 bits per heavy atom. The van der Waals surface area contributed by atoms with E-state index in [1.54, 1.807) is 12.1 Å². The van der Waals surface area contributed by atoms with Crippen LogP contribution in [0, 0.1) is 13.8 Å². The van der Waals surface area contributed by atoms with E-state index >= 15 is 0 Å². The number of rotatable bonds is 5. The minimum absolute atomic E-state index is 0.229. The first-order valence-corrected chi connectivity index (χ1v) is 11.8. The highest BCUT2D eigenvalue weighted by molar-refractivity contribution is 7.89. The molecule has 2 fully saturated rings. The summed E-state index contributed by atoms with van der Waals surface area (Å²) in [6.45, 7) is 7.83. The van der Waals surface area contributed by atoms with Crippen molar-refractivity contribution >= 4 is 21.7 Å². The minimum atomic E-state index is -3.62. The Morgan fingerprint density at radius 3 is 2.07 bits per heavy atom. The number of aryl methyl sites for hydroxylation is 2. The molecule has 0 unspecified atom stereocenters. The third kappa shape index (κ3) is 4.09. The van der Waals surface area contributed by atoms with Gasteiger partial charge in [-0.3, -0.25) is 0 Å². The first-order valence-electron chi connectivity index (χ1n) is 10.4. The van der Waals surface area contributed by atoms with Crippen LogP contribution in [0.25, 0.3) is 0 Å². The van der Waals surface area contributed by atoms with Crippen molar-refractivity contribution in [3.63, 3.8) is 0 Å². The van der Waals surface area contributed by atoms with Crippen LogP contribution < -0.4 is 14.5 Å². The van der Waals surface area contributed by atoms with Crippen molar-refractivity contribution in [1.29, 1.82) is 0 Å². The molecule has 0 amide bonds. The molecule has 4 rings (SSSR count). The van der Waals surface area contributed by atoms with Crippen molar-refractivity contribution in [2.24, 2.45) is 0 Å². The van der Waals surface area contributed by atoms with Gasteiger partial charge in [0.2, 0.25) is 10.0 Å². The number of aromatic nitrogens is 2. The Morgan fingerprint density at radius 2 is 1.47 bits per heavy atom. The lowest BCUT2D eigenvalue weighted by Gasteiger charge is -2.35. The summed E-state index contributed by atoms with van der Waals surface area (Å²) in [5.41, 5.74) is 0.888. The molecule has 30 heavy (non-hydrogen) atoms. The molecule has 9 heteroatoms. The van der Waals surface area contributed by atoms with Gasteiger partial charge in [-0.05, 0) is 44.4 Å². The zero-order valence-corrected chi connectivity index (χ0v) is 18.7. The molecule has 0 radical (unpaired) electrons. The molecule has 162 valence electrons. The van der Waals surface area contributed by atoms with Crippen molar-refractivity contribution < 1.29 is 13.2 Å². The van der Waals surface area contributed by atoms with E-state index in [9.17, 15) is 8.42 Å². The lowest BCUT2D eigenvalue weighted by atomic mass is 10.2. The highest BCUT2D eigenvalue weighted by atomic mass is 32.2. The predicted octanol–water partition coefficient (Wildman–Crippen LogP) is 2.21. The average Bonchev–Trinajstić information content (AvgIpc) is 3.28. The number of benzene rings is 1. The molecule has 0 atom stereocenters. The molecular formula is C21H29N5O3S. The second-order valence-corrected chi connectivity index (χ2v) is 9.78. The molecule has 0 spiro atoms. The molecule has 1 aromatic heterocycles. The van der Waals surface area contributed by atoms with Gasteiger partial charge in [-0.1, -0.05) is 6.07 Å². The number of ether oxygens (including phenoxy) is 1. The zero-order chi connectivity index (χ0) is 21.3. The standard InChI is InChI=1S/C21H29N5O3S/c1-16-6-7-18(29-3)19(14-16)30(27,28)26-12-10-25(11-13-26)21-15-20(22-17(2)23-21)24-8-4-5-9-24/h6-7,14-15H,4-5,8-13H2,1-3H3. The largest absolute Gasteiger partial charge is 0.495 e. The first kappa shape index (κ1) is 20.9. The van der Waals surface area contributed by atoms with E-state index in [1.807, 2.05) is 26.0 Å². The second-order valence-electron chi connectivity index (χ2n) is 7.87. The molecule has 0 aliphatic carbocycles. The van der Waals surface area contributed by atoms with Gasteiger partial charge in [0, 0.05) is 45.3 Å². The molecule has 0 N–H and O–H groups in total. The Kier molecular flexibility index (Phi) is 5.84. The number of methoxy groups -OCH3 is 1. The summed E-state index contributed by atoms with van der Waals surface area (Å²) in [7, 11) is -2.12. The third-order valence-electron chi connectivity index (χ3n) is 5.74. The molecule has 3 heterocycles. The third-order valence-corrected chi connectivity index (χ3v) is 7.66. The summed E-state index contributed by atoms with van der Waals surface area (Å²) in [6, 6.07) is 7.27. The van der Waals surface area contributed by atoms with E-state index in [4.69, 9.17) is 4.74 Å². The van der Waals surface area contributed by atoms with E-state index < -0.39 is 10.0 Å². The summed E-state index contributed by atoms with van der Waals surface area (Å²) in [6.07, 6.45) is 2.38. The molecule has 1 aromatic carbocycles. The molecule has 2 aliphatic rings. The van der Waals surface area contributed by atoms with E-state index in [2.05, 4.69) is 19.8 Å². The Hall–Kier alpha value is -2.39. The number of hydrogen-bond donors (Lipinski definition) is 0. The van der Waals surface area contributed by atoms with Crippen molar-refractivity contribution in [3.05, 3.63) is 35.7 Å². The average molecular weight is 432 g/mol. The quantitative estimate of drug-likeness (QED) is 0.718. The van der Waals surface area contributed by atoms with Crippen LogP contribution >= 0.6 is 0 Å². The van der Waals surface area contributed by atoms with Gasteiger partial charge in [0.15, 0.2) is 0 Å². The number of piperazine rings is 1. The lowest BCUT2D eigenvalue weighted by molar-refractivity contribution is 0.373. The van der Waals surface area contributed by atoms with Crippen molar-refractivity contribution in [2.75, 3.05) is 56.2 Å². The highest BCUT2D eigenvalue weighted by Crippen LogP contribution is 2.29. The van der Waals surface area contributed by atoms with Gasteiger partial charge in [0.05, 0.1) is 7.11 Å². The highest BCUT2D eigenvalue weighted by Gasteiger charge is 2.31. The van der Waals surface area contributed by atoms with E-state index in [1.165, 1.54) is 24.3 Å². The SMILES string of the molecule is COc1ccc(C)cc1S(=O)(=O)N1CCN(c2cc(N3CCCC3)nc(C)n2)CC1. The molecule has 8 nitrogen and oxygen atoms in total. The monoisotopic (exact) mass is 431 g/mol. The Balaban J connectivity index is 1.51. The molecule has 2 saturated heterocycles. The van der Waals surface area contributed by atoms with E-state index in [0.29, 0.717) is 31.9 Å². The Labute approximate surface area is 178 Å². The van der Waals surface area contributed by atoms with Gasteiger partial charge in [-0.2, -0.15) is 4.31 Å².